The van der Waals surface area contributed by atoms with Crippen molar-refractivity contribution in [2.24, 2.45) is 0 Å². The van der Waals surface area contributed by atoms with Gasteiger partial charge in [0.05, 0.1) is 16.6 Å². The minimum absolute atomic E-state index is 0.00351. The number of nitrogens with one attached hydrogen (secondary N) is 1. The number of hydrogen-bond donors (Lipinski definition) is 1. The molecule has 0 saturated heterocycles. The Hall–Kier alpha value is -3.83. The molecule has 0 atom stereocenters. The van der Waals surface area contributed by atoms with E-state index in [-0.39, 0.29) is 10.9 Å². The van der Waals surface area contributed by atoms with Crippen LogP contribution in [0.1, 0.15) is 12.5 Å². The summed E-state index contributed by atoms with van der Waals surface area (Å²) < 4.78 is 2.10. The molecule has 0 amide bonds. The maximum atomic E-state index is 13.0. The van der Waals surface area contributed by atoms with Crippen LogP contribution in [0.2, 0.25) is 0 Å². The molecule has 0 spiro atoms. The van der Waals surface area contributed by atoms with Crippen molar-refractivity contribution in [1.29, 1.82) is 0 Å². The summed E-state index contributed by atoms with van der Waals surface area (Å²) in [5.74, 6) is 1.23. The number of aromatic amines is 1. The molecule has 36 heavy (non-hydrogen) atoms. The van der Waals surface area contributed by atoms with Gasteiger partial charge in [-0.1, -0.05) is 54.6 Å². The molecule has 1 N–H and O–H groups in total. The zero-order valence-electron chi connectivity index (χ0n) is 20.5. The van der Waals surface area contributed by atoms with Gasteiger partial charge >= 0.3 is 0 Å². The van der Waals surface area contributed by atoms with Crippen LogP contribution in [0.4, 0.5) is 0 Å². The van der Waals surface area contributed by atoms with E-state index in [0.29, 0.717) is 33.6 Å². The van der Waals surface area contributed by atoms with Gasteiger partial charge in [-0.05, 0) is 67.3 Å². The summed E-state index contributed by atoms with van der Waals surface area (Å²) in [6, 6.07) is 29.4. The summed E-state index contributed by atoms with van der Waals surface area (Å²) in [5.41, 5.74) is 4.58. The first kappa shape index (κ1) is 23.9. The summed E-state index contributed by atoms with van der Waals surface area (Å²) in [7, 11) is 0. The van der Waals surface area contributed by atoms with Gasteiger partial charge in [0.2, 0.25) is 0 Å². The highest BCUT2D eigenvalue weighted by Gasteiger charge is 2.13. The number of pyridine rings is 2. The van der Waals surface area contributed by atoms with Gasteiger partial charge < -0.3 is 9.55 Å². The highest BCUT2D eigenvalue weighted by Crippen LogP contribution is 2.24. The van der Waals surface area contributed by atoms with Crippen LogP contribution >= 0.6 is 11.8 Å². The molecule has 0 saturated carbocycles. The number of thioether (sulfide) groups is 1. The number of aromatic nitrogens is 2. The van der Waals surface area contributed by atoms with Crippen LogP contribution in [0.3, 0.4) is 0 Å². The van der Waals surface area contributed by atoms with Crippen LogP contribution in [0.5, 0.6) is 0 Å². The van der Waals surface area contributed by atoms with E-state index >= 15 is 0 Å². The molecule has 0 radical (unpaired) electrons. The number of nitrogens with zero attached hydrogens (tertiary/aromatic N) is 1. The highest BCUT2D eigenvalue weighted by atomic mass is 32.2. The van der Waals surface area contributed by atoms with Gasteiger partial charge in [-0.3, -0.25) is 9.59 Å². The molecule has 0 aliphatic carbocycles. The van der Waals surface area contributed by atoms with E-state index in [2.05, 4.69) is 46.1 Å². The monoisotopic (exact) mass is 492 g/mol. The molecular formula is C31H28N2O2S. The maximum absolute atomic E-state index is 13.0. The molecule has 0 fully saturated rings. The molecule has 0 unspecified atom stereocenters. The zero-order chi connectivity index (χ0) is 25.1. The fourth-order valence-corrected chi connectivity index (χ4v) is 5.19. The standard InChI is InChI=1S/C22H16N2O2.C9H12S/c1-2-24-19-10-6-4-8-14(19)22(26)16-11-18-15(12-20(16)24)21(25)13-7-3-5-9-17(13)23-18;1-10-8-7-9-5-3-2-4-6-9/h3-12H,2H2,1H3,(H,23,25);2-6H,7-8H2,1H3. The van der Waals surface area contributed by atoms with E-state index in [1.807, 2.05) is 79.3 Å². The van der Waals surface area contributed by atoms with Gasteiger partial charge in [-0.2, -0.15) is 11.8 Å². The summed E-state index contributed by atoms with van der Waals surface area (Å²) in [6.07, 6.45) is 3.34. The lowest BCUT2D eigenvalue weighted by Gasteiger charge is -2.14. The largest absolute Gasteiger partial charge is 0.354 e. The van der Waals surface area contributed by atoms with Crippen molar-refractivity contribution in [2.45, 2.75) is 19.9 Å². The fraction of sp³-hybridized carbons (Fsp3) is 0.161. The van der Waals surface area contributed by atoms with Crippen molar-refractivity contribution in [3.63, 3.8) is 0 Å². The van der Waals surface area contributed by atoms with Crippen molar-refractivity contribution < 1.29 is 0 Å². The lowest BCUT2D eigenvalue weighted by molar-refractivity contribution is 0.821. The molecule has 2 aromatic heterocycles. The van der Waals surface area contributed by atoms with Crippen molar-refractivity contribution in [1.82, 2.24) is 9.55 Å². The molecule has 4 nitrogen and oxygen atoms in total. The average Bonchev–Trinajstić information content (AvgIpc) is 2.93. The van der Waals surface area contributed by atoms with Crippen LogP contribution in [-0.4, -0.2) is 21.6 Å². The molecule has 180 valence electrons. The average molecular weight is 493 g/mol. The number of para-hydroxylation sites is 2. The Morgan fingerprint density at radius 1 is 0.694 bits per heavy atom. The molecule has 5 heteroatoms. The first-order valence-electron chi connectivity index (χ1n) is 12.1. The lowest BCUT2D eigenvalue weighted by atomic mass is 10.0. The lowest BCUT2D eigenvalue weighted by Crippen LogP contribution is -2.12. The van der Waals surface area contributed by atoms with E-state index in [1.165, 1.54) is 17.7 Å². The normalized spacial score (nSPS) is 11.2. The van der Waals surface area contributed by atoms with Crippen LogP contribution in [0, 0.1) is 0 Å². The molecule has 4 aromatic carbocycles. The van der Waals surface area contributed by atoms with E-state index in [4.69, 9.17) is 0 Å². The van der Waals surface area contributed by atoms with Crippen molar-refractivity contribution >= 4 is 55.4 Å². The highest BCUT2D eigenvalue weighted by molar-refractivity contribution is 7.98. The Kier molecular flexibility index (Phi) is 6.92. The van der Waals surface area contributed by atoms with Crippen LogP contribution in [0.25, 0.3) is 43.6 Å². The number of rotatable bonds is 4. The summed E-state index contributed by atoms with van der Waals surface area (Å²) in [5, 5.41) is 2.59. The fourth-order valence-electron chi connectivity index (χ4n) is 4.75. The molecule has 0 aliphatic heterocycles. The number of aryl methyl sites for hydroxylation is 2. The van der Waals surface area contributed by atoms with Crippen LogP contribution in [0.15, 0.2) is 101 Å². The predicted molar refractivity (Wildman–Crippen MR) is 156 cm³/mol. The molecule has 2 heterocycles. The summed E-state index contributed by atoms with van der Waals surface area (Å²) in [4.78, 5) is 29.3. The second kappa shape index (κ2) is 10.4. The minimum Gasteiger partial charge on any atom is -0.354 e. The topological polar surface area (TPSA) is 54.9 Å². The van der Waals surface area contributed by atoms with Crippen molar-refractivity contribution in [3.05, 3.63) is 117 Å². The first-order valence-corrected chi connectivity index (χ1v) is 13.5. The SMILES string of the molecule is CCn1c2ccccc2c(=O)c2cc3[nH]c4ccccc4c(=O)c3cc21.CSCCc1ccccc1. The third kappa shape index (κ3) is 4.42. The summed E-state index contributed by atoms with van der Waals surface area (Å²) >= 11 is 1.90. The third-order valence-electron chi connectivity index (χ3n) is 6.55. The Bertz CT molecular complexity index is 1800. The van der Waals surface area contributed by atoms with Crippen molar-refractivity contribution in [3.8, 4) is 0 Å². The second-order valence-electron chi connectivity index (χ2n) is 8.73. The maximum Gasteiger partial charge on any atom is 0.197 e. The number of hydrogen-bond acceptors (Lipinski definition) is 3. The van der Waals surface area contributed by atoms with Crippen LogP contribution in [-0.2, 0) is 13.0 Å². The minimum atomic E-state index is -0.0143. The molecule has 0 aliphatic rings. The number of fused-ring (bicyclic) bond motifs is 4. The van der Waals surface area contributed by atoms with E-state index < -0.39 is 0 Å². The predicted octanol–water partition coefficient (Wildman–Crippen LogP) is 6.76. The van der Waals surface area contributed by atoms with E-state index in [1.54, 1.807) is 0 Å². The molecule has 6 aromatic rings. The Morgan fingerprint density at radius 2 is 1.36 bits per heavy atom. The smallest absolute Gasteiger partial charge is 0.197 e. The summed E-state index contributed by atoms with van der Waals surface area (Å²) in [6.45, 7) is 2.76. The quantitative estimate of drug-likeness (QED) is 0.277. The number of H-pyrrole nitrogens is 1. The van der Waals surface area contributed by atoms with E-state index in [0.717, 1.165) is 16.6 Å². The van der Waals surface area contributed by atoms with Gasteiger partial charge in [-0.25, -0.2) is 0 Å². The zero-order valence-corrected chi connectivity index (χ0v) is 21.3. The van der Waals surface area contributed by atoms with Gasteiger partial charge in [0.15, 0.2) is 10.9 Å². The van der Waals surface area contributed by atoms with Crippen molar-refractivity contribution in [2.75, 3.05) is 12.0 Å². The van der Waals surface area contributed by atoms with Gasteiger partial charge in [0.25, 0.3) is 0 Å². The second-order valence-corrected chi connectivity index (χ2v) is 9.72. The Labute approximate surface area is 213 Å². The molecular weight excluding hydrogens is 464 g/mol. The van der Waals surface area contributed by atoms with Gasteiger partial charge in [0.1, 0.15) is 0 Å². The molecule has 0 bridgehead atoms. The number of benzene rings is 4. The van der Waals surface area contributed by atoms with Crippen LogP contribution < -0.4 is 10.9 Å². The Morgan fingerprint density at radius 3 is 2.11 bits per heavy atom. The van der Waals surface area contributed by atoms with Gasteiger partial charge in [-0.15, -0.1) is 0 Å². The first-order chi connectivity index (χ1) is 17.6. The molecule has 6 rings (SSSR count). The third-order valence-corrected chi connectivity index (χ3v) is 7.16. The van der Waals surface area contributed by atoms with E-state index in [9.17, 15) is 9.59 Å². The Balaban J connectivity index is 0.000000226. The van der Waals surface area contributed by atoms with Gasteiger partial charge in [0, 0.05) is 33.6 Å².